The lowest BCUT2D eigenvalue weighted by Crippen LogP contribution is -2.30. The van der Waals surface area contributed by atoms with Gasteiger partial charge in [-0.25, -0.2) is 0 Å². The number of aliphatic carboxylic acids is 1. The van der Waals surface area contributed by atoms with E-state index in [1.54, 1.807) is 0 Å². The lowest BCUT2D eigenvalue weighted by Gasteiger charge is -2.26. The standard InChI is InChI=1S/C28H53NO3/c1-25-20-22-26(23-21-25)24-29-27(30)18-16-14-12-10-8-6-4-2-3-5-7-9-11-13-15-17-19-28(31)32/h25-26H,2-24H2,1H3,(H,29,30)(H,31,32)/t25-,26-. The van der Waals surface area contributed by atoms with Crippen LogP contribution >= 0.6 is 0 Å². The van der Waals surface area contributed by atoms with E-state index >= 15 is 0 Å². The lowest BCUT2D eigenvalue weighted by atomic mass is 9.83. The van der Waals surface area contributed by atoms with Crippen LogP contribution in [0.3, 0.4) is 0 Å². The SMILES string of the molecule is C[C@H]1CC[C@H](CNC(=O)CCCCCCCCCCCCCCCCCCC(=O)O)CC1. The van der Waals surface area contributed by atoms with E-state index in [1.165, 1.54) is 109 Å². The maximum atomic E-state index is 12.0. The van der Waals surface area contributed by atoms with Crippen molar-refractivity contribution in [1.29, 1.82) is 0 Å². The number of rotatable bonds is 21. The van der Waals surface area contributed by atoms with Crippen molar-refractivity contribution in [2.24, 2.45) is 11.8 Å². The lowest BCUT2D eigenvalue weighted by molar-refractivity contribution is -0.137. The molecule has 0 bridgehead atoms. The number of hydrogen-bond donors (Lipinski definition) is 2. The number of carboxylic acid groups (broad SMARTS) is 1. The first-order valence-corrected chi connectivity index (χ1v) is 14.1. The Bertz CT molecular complexity index is 458. The highest BCUT2D eigenvalue weighted by Gasteiger charge is 2.18. The second kappa shape index (κ2) is 20.5. The predicted octanol–water partition coefficient (Wildman–Crippen LogP) is 8.04. The van der Waals surface area contributed by atoms with Gasteiger partial charge in [-0.15, -0.1) is 0 Å². The van der Waals surface area contributed by atoms with Gasteiger partial charge in [0.05, 0.1) is 0 Å². The molecule has 0 spiro atoms. The molecular weight excluding hydrogens is 398 g/mol. The van der Waals surface area contributed by atoms with E-state index in [0.29, 0.717) is 12.8 Å². The Labute approximate surface area is 198 Å². The molecule has 2 N–H and O–H groups in total. The molecule has 0 aromatic carbocycles. The van der Waals surface area contributed by atoms with Crippen LogP contribution < -0.4 is 5.32 Å². The topological polar surface area (TPSA) is 66.4 Å². The summed E-state index contributed by atoms with van der Waals surface area (Å²) < 4.78 is 0. The summed E-state index contributed by atoms with van der Waals surface area (Å²) >= 11 is 0. The first-order chi connectivity index (χ1) is 15.6. The van der Waals surface area contributed by atoms with Crippen LogP contribution in [0, 0.1) is 11.8 Å². The molecule has 4 heteroatoms. The molecule has 0 atom stereocenters. The first kappa shape index (κ1) is 29.0. The fraction of sp³-hybridized carbons (Fsp3) is 0.929. The minimum Gasteiger partial charge on any atom is -0.481 e. The largest absolute Gasteiger partial charge is 0.481 e. The maximum absolute atomic E-state index is 12.0. The van der Waals surface area contributed by atoms with Crippen LogP contribution in [-0.2, 0) is 9.59 Å². The number of unbranched alkanes of at least 4 members (excludes halogenated alkanes) is 15. The Morgan fingerprint density at radius 3 is 1.41 bits per heavy atom. The van der Waals surface area contributed by atoms with Gasteiger partial charge in [0.1, 0.15) is 0 Å². The van der Waals surface area contributed by atoms with E-state index in [1.807, 2.05) is 0 Å². The van der Waals surface area contributed by atoms with Gasteiger partial charge < -0.3 is 10.4 Å². The average molecular weight is 452 g/mol. The van der Waals surface area contributed by atoms with Crippen LogP contribution in [0.25, 0.3) is 0 Å². The maximum Gasteiger partial charge on any atom is 0.303 e. The third kappa shape index (κ3) is 18.5. The summed E-state index contributed by atoms with van der Waals surface area (Å²) in [5, 5.41) is 11.8. The van der Waals surface area contributed by atoms with Gasteiger partial charge in [0.15, 0.2) is 0 Å². The molecule has 32 heavy (non-hydrogen) atoms. The second-order valence-corrected chi connectivity index (χ2v) is 10.5. The Hall–Kier alpha value is -1.06. The normalized spacial score (nSPS) is 18.5. The van der Waals surface area contributed by atoms with Crippen LogP contribution in [0.1, 0.15) is 148 Å². The average Bonchev–Trinajstić information content (AvgIpc) is 2.77. The number of hydrogen-bond acceptors (Lipinski definition) is 2. The van der Waals surface area contributed by atoms with E-state index in [-0.39, 0.29) is 5.91 Å². The van der Waals surface area contributed by atoms with Crippen molar-refractivity contribution in [2.45, 2.75) is 148 Å². The number of nitrogens with one attached hydrogen (secondary N) is 1. The number of carbonyl (C=O) groups is 2. The number of amides is 1. The third-order valence-electron chi connectivity index (χ3n) is 7.27. The number of carboxylic acids is 1. The van der Waals surface area contributed by atoms with Crippen molar-refractivity contribution in [3.8, 4) is 0 Å². The first-order valence-electron chi connectivity index (χ1n) is 14.1. The summed E-state index contributed by atoms with van der Waals surface area (Å²) in [6.45, 7) is 3.25. The highest BCUT2D eigenvalue weighted by Crippen LogP contribution is 2.27. The van der Waals surface area contributed by atoms with Gasteiger partial charge in [0.2, 0.25) is 5.91 Å². The molecule has 0 radical (unpaired) electrons. The zero-order chi connectivity index (χ0) is 23.3. The van der Waals surface area contributed by atoms with Gasteiger partial charge in [-0.05, 0) is 37.5 Å². The van der Waals surface area contributed by atoms with Crippen molar-refractivity contribution in [3.63, 3.8) is 0 Å². The van der Waals surface area contributed by atoms with Crippen molar-refractivity contribution in [1.82, 2.24) is 5.32 Å². The fourth-order valence-corrected chi connectivity index (χ4v) is 4.92. The molecule has 1 aliphatic carbocycles. The van der Waals surface area contributed by atoms with Crippen LogP contribution in [-0.4, -0.2) is 23.5 Å². The molecule has 4 nitrogen and oxygen atoms in total. The summed E-state index contributed by atoms with van der Waals surface area (Å²) in [6.07, 6.45) is 26.3. The predicted molar refractivity (Wildman–Crippen MR) is 135 cm³/mol. The van der Waals surface area contributed by atoms with Crippen LogP contribution in [0.5, 0.6) is 0 Å². The van der Waals surface area contributed by atoms with Crippen molar-refractivity contribution in [2.75, 3.05) is 6.54 Å². The van der Waals surface area contributed by atoms with Gasteiger partial charge in [0, 0.05) is 19.4 Å². The molecule has 1 saturated carbocycles. The van der Waals surface area contributed by atoms with Crippen molar-refractivity contribution < 1.29 is 14.7 Å². The smallest absolute Gasteiger partial charge is 0.303 e. The Balaban J connectivity index is 1.72. The van der Waals surface area contributed by atoms with Crippen LogP contribution in [0.4, 0.5) is 0 Å². The summed E-state index contributed by atoms with van der Waals surface area (Å²) in [6, 6.07) is 0. The van der Waals surface area contributed by atoms with Gasteiger partial charge in [-0.1, -0.05) is 110 Å². The molecule has 0 unspecified atom stereocenters. The Morgan fingerprint density at radius 1 is 0.625 bits per heavy atom. The van der Waals surface area contributed by atoms with E-state index in [2.05, 4.69) is 12.2 Å². The van der Waals surface area contributed by atoms with Crippen LogP contribution in [0.15, 0.2) is 0 Å². The molecular formula is C28H53NO3. The zero-order valence-electron chi connectivity index (χ0n) is 21.2. The fourth-order valence-electron chi connectivity index (χ4n) is 4.92. The van der Waals surface area contributed by atoms with Crippen molar-refractivity contribution in [3.05, 3.63) is 0 Å². The molecule has 0 heterocycles. The molecule has 0 aromatic rings. The monoisotopic (exact) mass is 451 g/mol. The van der Waals surface area contributed by atoms with E-state index in [9.17, 15) is 9.59 Å². The van der Waals surface area contributed by atoms with E-state index < -0.39 is 5.97 Å². The van der Waals surface area contributed by atoms with Gasteiger partial charge >= 0.3 is 5.97 Å². The summed E-state index contributed by atoms with van der Waals surface area (Å²) in [5.41, 5.74) is 0. The third-order valence-corrected chi connectivity index (χ3v) is 7.27. The molecule has 188 valence electrons. The minimum absolute atomic E-state index is 0.266. The number of carbonyl (C=O) groups excluding carboxylic acids is 1. The van der Waals surface area contributed by atoms with Gasteiger partial charge in [-0.2, -0.15) is 0 Å². The molecule has 0 saturated heterocycles. The molecule has 0 aromatic heterocycles. The summed E-state index contributed by atoms with van der Waals surface area (Å²) in [5.74, 6) is 1.20. The zero-order valence-corrected chi connectivity index (χ0v) is 21.2. The summed E-state index contributed by atoms with van der Waals surface area (Å²) in [7, 11) is 0. The van der Waals surface area contributed by atoms with E-state index in [4.69, 9.17) is 5.11 Å². The summed E-state index contributed by atoms with van der Waals surface area (Å²) in [4.78, 5) is 22.4. The molecule has 1 fully saturated rings. The molecule has 1 rings (SSSR count). The quantitative estimate of drug-likeness (QED) is 0.174. The molecule has 0 aliphatic heterocycles. The highest BCUT2D eigenvalue weighted by molar-refractivity contribution is 5.75. The Morgan fingerprint density at radius 2 is 1.00 bits per heavy atom. The molecule has 1 amide bonds. The minimum atomic E-state index is -0.663. The van der Waals surface area contributed by atoms with E-state index in [0.717, 1.165) is 37.6 Å². The van der Waals surface area contributed by atoms with Gasteiger partial charge in [0.25, 0.3) is 0 Å². The van der Waals surface area contributed by atoms with Crippen molar-refractivity contribution >= 4 is 11.9 Å². The van der Waals surface area contributed by atoms with Crippen LogP contribution in [0.2, 0.25) is 0 Å². The second-order valence-electron chi connectivity index (χ2n) is 10.5. The van der Waals surface area contributed by atoms with Gasteiger partial charge in [-0.3, -0.25) is 9.59 Å². The Kier molecular flexibility index (Phi) is 18.6. The molecule has 1 aliphatic rings. The highest BCUT2D eigenvalue weighted by atomic mass is 16.4.